The maximum absolute atomic E-state index is 5.25. The molecule has 0 spiro atoms. The lowest BCUT2D eigenvalue weighted by Crippen LogP contribution is -2.25. The summed E-state index contributed by atoms with van der Waals surface area (Å²) >= 11 is 0. The summed E-state index contributed by atoms with van der Waals surface area (Å²) in [6, 6.07) is 0.615. The van der Waals surface area contributed by atoms with Crippen LogP contribution in [0.5, 0.6) is 0 Å². The predicted molar refractivity (Wildman–Crippen MR) is 34.3 cm³/mol. The molecule has 0 aliphatic heterocycles. The molecule has 1 rings (SSSR count). The molecule has 1 N–H and O–H groups in total. The quantitative estimate of drug-likeness (QED) is 0.506. The summed E-state index contributed by atoms with van der Waals surface area (Å²) in [6.07, 6.45) is 6.66. The maximum atomic E-state index is 5.25. The molecule has 0 atom stereocenters. The monoisotopic (exact) mass is 111 g/mol. The van der Waals surface area contributed by atoms with E-state index in [1.54, 1.807) is 0 Å². The molecule has 0 heterocycles. The van der Waals surface area contributed by atoms with Crippen LogP contribution in [0.2, 0.25) is 0 Å². The number of hydrogen-bond donors (Lipinski definition) is 1. The number of nitrogens with one attached hydrogen (secondary N) is 1. The highest BCUT2D eigenvalue weighted by molar-refractivity contribution is 4.70. The van der Waals surface area contributed by atoms with Crippen molar-refractivity contribution in [3.8, 4) is 0 Å². The zero-order valence-electron chi connectivity index (χ0n) is 5.19. The topological polar surface area (TPSA) is 12.0 Å². The van der Waals surface area contributed by atoms with Crippen molar-refractivity contribution in [3.05, 3.63) is 7.05 Å². The van der Waals surface area contributed by atoms with Crippen molar-refractivity contribution in [1.82, 2.24) is 5.32 Å². The molecule has 0 bridgehead atoms. The SMILES string of the molecule is [CH]NC1CCCCC1. The van der Waals surface area contributed by atoms with Gasteiger partial charge in [-0.25, -0.2) is 0 Å². The van der Waals surface area contributed by atoms with Crippen LogP contribution in [0, 0.1) is 7.05 Å². The second-order valence-corrected chi connectivity index (χ2v) is 2.50. The summed E-state index contributed by atoms with van der Waals surface area (Å²) in [6.45, 7) is 0. The van der Waals surface area contributed by atoms with Crippen molar-refractivity contribution in [2.45, 2.75) is 38.1 Å². The fourth-order valence-electron chi connectivity index (χ4n) is 1.27. The normalized spacial score (nSPS) is 23.6. The summed E-state index contributed by atoms with van der Waals surface area (Å²) < 4.78 is 0. The Bertz CT molecular complexity index is 55.4. The Morgan fingerprint density at radius 2 is 1.75 bits per heavy atom. The molecule has 0 saturated heterocycles. The molecule has 1 fully saturated rings. The lowest BCUT2D eigenvalue weighted by Gasteiger charge is -2.19. The van der Waals surface area contributed by atoms with E-state index < -0.39 is 0 Å². The fraction of sp³-hybridized carbons (Fsp3) is 0.857. The minimum absolute atomic E-state index is 0.615. The van der Waals surface area contributed by atoms with Gasteiger partial charge in [-0.1, -0.05) is 19.3 Å². The van der Waals surface area contributed by atoms with Crippen molar-refractivity contribution in [3.63, 3.8) is 0 Å². The molecule has 1 aliphatic rings. The van der Waals surface area contributed by atoms with E-state index in [2.05, 4.69) is 5.32 Å². The van der Waals surface area contributed by atoms with Gasteiger partial charge in [0.25, 0.3) is 0 Å². The Balaban J connectivity index is 2.13. The van der Waals surface area contributed by atoms with Gasteiger partial charge in [0.15, 0.2) is 0 Å². The van der Waals surface area contributed by atoms with Gasteiger partial charge in [-0.3, -0.25) is 0 Å². The molecule has 8 heavy (non-hydrogen) atoms. The van der Waals surface area contributed by atoms with E-state index in [9.17, 15) is 0 Å². The van der Waals surface area contributed by atoms with Crippen LogP contribution in [0.1, 0.15) is 32.1 Å². The molecule has 0 aromatic carbocycles. The summed E-state index contributed by atoms with van der Waals surface area (Å²) in [5.41, 5.74) is 0. The lowest BCUT2D eigenvalue weighted by molar-refractivity contribution is 0.403. The summed E-state index contributed by atoms with van der Waals surface area (Å²) in [4.78, 5) is 0. The molecule has 1 saturated carbocycles. The molecule has 1 aliphatic carbocycles. The van der Waals surface area contributed by atoms with Crippen LogP contribution in [0.25, 0.3) is 0 Å². The van der Waals surface area contributed by atoms with Crippen molar-refractivity contribution in [2.24, 2.45) is 0 Å². The average molecular weight is 111 g/mol. The van der Waals surface area contributed by atoms with Gasteiger partial charge in [-0.15, -0.1) is 0 Å². The third kappa shape index (κ3) is 1.48. The smallest absolute Gasteiger partial charge is 0.0409 e. The van der Waals surface area contributed by atoms with Crippen LogP contribution in [0.15, 0.2) is 0 Å². The molecule has 46 valence electrons. The first-order chi connectivity index (χ1) is 3.93. The first-order valence-electron chi connectivity index (χ1n) is 3.39. The third-order valence-corrected chi connectivity index (χ3v) is 1.84. The molecule has 1 heteroatoms. The Hall–Kier alpha value is -0.0400. The highest BCUT2D eigenvalue weighted by Crippen LogP contribution is 2.16. The van der Waals surface area contributed by atoms with Gasteiger partial charge in [0.05, 0.1) is 0 Å². The van der Waals surface area contributed by atoms with Crippen LogP contribution < -0.4 is 5.32 Å². The van der Waals surface area contributed by atoms with E-state index in [0.717, 1.165) is 0 Å². The highest BCUT2D eigenvalue weighted by atomic mass is 14.9. The number of rotatable bonds is 1. The molecule has 2 radical (unpaired) electrons. The Labute approximate surface area is 51.5 Å². The predicted octanol–water partition coefficient (Wildman–Crippen LogP) is 1.58. The second kappa shape index (κ2) is 3.08. The standard InChI is InChI=1S/C7H13N/c1-8-7-5-3-2-4-6-7/h1,7-8H,2-6H2. The Kier molecular flexibility index (Phi) is 2.34. The van der Waals surface area contributed by atoms with Gasteiger partial charge in [-0.05, 0) is 12.8 Å². The fourth-order valence-corrected chi connectivity index (χ4v) is 1.27. The third-order valence-electron chi connectivity index (χ3n) is 1.84. The van der Waals surface area contributed by atoms with Crippen LogP contribution >= 0.6 is 0 Å². The van der Waals surface area contributed by atoms with Gasteiger partial charge in [0.2, 0.25) is 0 Å². The van der Waals surface area contributed by atoms with E-state index in [4.69, 9.17) is 7.05 Å². The van der Waals surface area contributed by atoms with E-state index in [-0.39, 0.29) is 0 Å². The molecule has 0 aromatic heterocycles. The first kappa shape index (κ1) is 6.09. The molecule has 1 nitrogen and oxygen atoms in total. The second-order valence-electron chi connectivity index (χ2n) is 2.50. The molecule has 0 aromatic rings. The summed E-state index contributed by atoms with van der Waals surface area (Å²) in [5, 5.41) is 2.80. The van der Waals surface area contributed by atoms with Gasteiger partial charge in [-0.2, -0.15) is 0 Å². The van der Waals surface area contributed by atoms with E-state index in [1.165, 1.54) is 32.1 Å². The van der Waals surface area contributed by atoms with Crippen molar-refractivity contribution in [1.29, 1.82) is 0 Å². The lowest BCUT2D eigenvalue weighted by atomic mass is 9.96. The van der Waals surface area contributed by atoms with Crippen molar-refractivity contribution >= 4 is 0 Å². The van der Waals surface area contributed by atoms with Gasteiger partial charge in [0, 0.05) is 13.1 Å². The molecule has 0 unspecified atom stereocenters. The van der Waals surface area contributed by atoms with E-state index >= 15 is 0 Å². The zero-order chi connectivity index (χ0) is 5.82. The summed E-state index contributed by atoms with van der Waals surface area (Å²) in [5.74, 6) is 0. The average Bonchev–Trinajstić information content (AvgIpc) is 1.90. The molecular formula is C7H13N. The van der Waals surface area contributed by atoms with Crippen LogP contribution in [0.3, 0.4) is 0 Å². The minimum atomic E-state index is 0.615. The highest BCUT2D eigenvalue weighted by Gasteiger charge is 2.09. The van der Waals surface area contributed by atoms with Crippen molar-refractivity contribution in [2.75, 3.05) is 0 Å². The van der Waals surface area contributed by atoms with Crippen LogP contribution in [-0.2, 0) is 0 Å². The van der Waals surface area contributed by atoms with Crippen LogP contribution in [-0.4, -0.2) is 6.04 Å². The maximum Gasteiger partial charge on any atom is 0.0409 e. The van der Waals surface area contributed by atoms with Crippen molar-refractivity contribution < 1.29 is 0 Å². The first-order valence-corrected chi connectivity index (χ1v) is 3.39. The molecule has 0 amide bonds. The minimum Gasteiger partial charge on any atom is -0.308 e. The number of hydrogen-bond acceptors (Lipinski definition) is 1. The Morgan fingerprint density at radius 3 is 2.12 bits per heavy atom. The van der Waals surface area contributed by atoms with Crippen LogP contribution in [0.4, 0.5) is 0 Å². The van der Waals surface area contributed by atoms with Gasteiger partial charge in [0.1, 0.15) is 0 Å². The van der Waals surface area contributed by atoms with Gasteiger partial charge < -0.3 is 5.32 Å². The van der Waals surface area contributed by atoms with E-state index in [1.807, 2.05) is 0 Å². The Morgan fingerprint density at radius 1 is 1.12 bits per heavy atom. The van der Waals surface area contributed by atoms with E-state index in [0.29, 0.717) is 6.04 Å². The zero-order valence-corrected chi connectivity index (χ0v) is 5.19. The summed E-state index contributed by atoms with van der Waals surface area (Å²) in [7, 11) is 5.25. The van der Waals surface area contributed by atoms with Gasteiger partial charge >= 0.3 is 0 Å². The largest absolute Gasteiger partial charge is 0.308 e. The molecular weight excluding hydrogens is 98.1 g/mol.